The van der Waals surface area contributed by atoms with Crippen molar-refractivity contribution in [1.29, 1.82) is 0 Å². The Balaban J connectivity index is 3.88. The van der Waals surface area contributed by atoms with Gasteiger partial charge in [0.2, 0.25) is 0 Å². The predicted molar refractivity (Wildman–Crippen MR) is 73.6 cm³/mol. The highest BCUT2D eigenvalue weighted by Gasteiger charge is 2.19. The lowest BCUT2D eigenvalue weighted by Crippen LogP contribution is -2.38. The van der Waals surface area contributed by atoms with Gasteiger partial charge < -0.3 is 9.84 Å². The van der Waals surface area contributed by atoms with Crippen molar-refractivity contribution < 1.29 is 14.6 Å². The molecule has 108 valence electrons. The summed E-state index contributed by atoms with van der Waals surface area (Å²) < 4.78 is 4.96. The Kier molecular flexibility index (Phi) is 11.1. The molecule has 0 aromatic heterocycles. The number of methoxy groups -OCH3 is 1. The zero-order chi connectivity index (χ0) is 13.8. The lowest BCUT2D eigenvalue weighted by atomic mass is 9.93. The van der Waals surface area contributed by atoms with Crippen LogP contribution in [0.15, 0.2) is 0 Å². The van der Waals surface area contributed by atoms with Crippen molar-refractivity contribution in [2.24, 2.45) is 5.92 Å². The summed E-state index contributed by atoms with van der Waals surface area (Å²) in [6.45, 7) is 4.74. The monoisotopic (exact) mass is 259 g/mol. The van der Waals surface area contributed by atoms with E-state index < -0.39 is 5.97 Å². The number of unbranched alkanes of at least 4 members (excludes halogenated alkanes) is 4. The minimum absolute atomic E-state index is 0.00799. The summed E-state index contributed by atoms with van der Waals surface area (Å²) in [5.74, 6) is -0.376. The summed E-state index contributed by atoms with van der Waals surface area (Å²) in [6.07, 6.45) is 7.53. The maximum Gasteiger partial charge on any atom is 0.304 e. The van der Waals surface area contributed by atoms with Crippen LogP contribution in [0.1, 0.15) is 58.8 Å². The van der Waals surface area contributed by atoms with Crippen molar-refractivity contribution in [3.05, 3.63) is 0 Å². The van der Waals surface area contributed by atoms with Crippen LogP contribution in [0, 0.1) is 5.92 Å². The first-order valence-corrected chi connectivity index (χ1v) is 7.05. The Morgan fingerprint density at radius 3 is 2.50 bits per heavy atom. The molecule has 0 aromatic carbocycles. The van der Waals surface area contributed by atoms with Gasteiger partial charge in [-0.2, -0.15) is 0 Å². The van der Waals surface area contributed by atoms with Crippen LogP contribution in [-0.2, 0) is 9.53 Å². The van der Waals surface area contributed by atoms with Crippen LogP contribution >= 0.6 is 0 Å². The van der Waals surface area contributed by atoms with Gasteiger partial charge in [-0.05, 0) is 12.3 Å². The molecule has 0 saturated heterocycles. The van der Waals surface area contributed by atoms with Crippen LogP contribution in [0.2, 0.25) is 0 Å². The zero-order valence-electron chi connectivity index (χ0n) is 12.1. The van der Waals surface area contributed by atoms with Crippen LogP contribution in [0.25, 0.3) is 0 Å². The highest BCUT2D eigenvalue weighted by atomic mass is 16.5. The van der Waals surface area contributed by atoms with Gasteiger partial charge >= 0.3 is 5.97 Å². The van der Waals surface area contributed by atoms with Crippen molar-refractivity contribution in [3.63, 3.8) is 0 Å². The Bertz CT molecular complexity index is 209. The highest BCUT2D eigenvalue weighted by Crippen LogP contribution is 2.16. The fraction of sp³-hybridized carbons (Fsp3) is 0.929. The second kappa shape index (κ2) is 11.5. The minimum Gasteiger partial charge on any atom is -0.481 e. The molecule has 0 heterocycles. The fourth-order valence-corrected chi connectivity index (χ4v) is 2.12. The van der Waals surface area contributed by atoms with Crippen LogP contribution in [0.5, 0.6) is 0 Å². The second-order valence-corrected chi connectivity index (χ2v) is 5.02. The van der Waals surface area contributed by atoms with E-state index in [1.54, 1.807) is 7.11 Å². The maximum absolute atomic E-state index is 10.8. The third-order valence-corrected chi connectivity index (χ3v) is 3.33. The molecular weight excluding hydrogens is 230 g/mol. The molecule has 0 spiro atoms. The zero-order valence-corrected chi connectivity index (χ0v) is 12.1. The van der Waals surface area contributed by atoms with E-state index in [1.807, 2.05) is 0 Å². The predicted octanol–water partition coefficient (Wildman–Crippen LogP) is 3.02. The van der Waals surface area contributed by atoms with E-state index in [2.05, 4.69) is 19.2 Å². The lowest BCUT2D eigenvalue weighted by molar-refractivity contribution is -0.138. The molecule has 0 aromatic rings. The van der Waals surface area contributed by atoms with Gasteiger partial charge in [0.15, 0.2) is 0 Å². The van der Waals surface area contributed by atoms with Gasteiger partial charge in [0.05, 0.1) is 13.2 Å². The molecule has 0 rings (SSSR count). The van der Waals surface area contributed by atoms with Gasteiger partial charge in [0.25, 0.3) is 0 Å². The van der Waals surface area contributed by atoms with Gasteiger partial charge in [-0.3, -0.25) is 10.1 Å². The van der Waals surface area contributed by atoms with E-state index in [4.69, 9.17) is 9.84 Å². The standard InChI is InChI=1S/C14H29NO3/c1-4-5-6-7-8-9-12(2)13(10-14(16)17)15-11-18-3/h12-13,15H,4-11H2,1-3H3,(H,16,17). The average molecular weight is 259 g/mol. The van der Waals surface area contributed by atoms with E-state index in [0.29, 0.717) is 12.6 Å². The summed E-state index contributed by atoms with van der Waals surface area (Å²) in [5.41, 5.74) is 0. The molecule has 0 aliphatic carbocycles. The second-order valence-electron chi connectivity index (χ2n) is 5.02. The Morgan fingerprint density at radius 2 is 1.94 bits per heavy atom. The molecule has 0 radical (unpaired) electrons. The molecule has 18 heavy (non-hydrogen) atoms. The number of carboxylic acids is 1. The smallest absolute Gasteiger partial charge is 0.304 e. The fourth-order valence-electron chi connectivity index (χ4n) is 2.12. The number of hydrogen-bond donors (Lipinski definition) is 2. The third kappa shape index (κ3) is 9.42. The van der Waals surface area contributed by atoms with Crippen molar-refractivity contribution in [3.8, 4) is 0 Å². The van der Waals surface area contributed by atoms with Gasteiger partial charge in [0, 0.05) is 13.2 Å². The molecule has 4 heteroatoms. The number of hydrogen-bond acceptors (Lipinski definition) is 3. The van der Waals surface area contributed by atoms with E-state index >= 15 is 0 Å². The first-order chi connectivity index (χ1) is 8.61. The summed E-state index contributed by atoms with van der Waals surface area (Å²) in [4.78, 5) is 10.8. The largest absolute Gasteiger partial charge is 0.481 e. The van der Waals surface area contributed by atoms with Crippen molar-refractivity contribution in [2.45, 2.75) is 64.8 Å². The normalized spacial score (nSPS) is 14.4. The van der Waals surface area contributed by atoms with Gasteiger partial charge in [-0.25, -0.2) is 0 Å². The van der Waals surface area contributed by atoms with Crippen molar-refractivity contribution in [2.75, 3.05) is 13.8 Å². The molecule has 0 aliphatic heterocycles. The van der Waals surface area contributed by atoms with Crippen LogP contribution in [-0.4, -0.2) is 31.0 Å². The molecule has 0 aliphatic rings. The van der Waals surface area contributed by atoms with E-state index in [-0.39, 0.29) is 12.5 Å². The molecule has 0 bridgehead atoms. The minimum atomic E-state index is -0.749. The quantitative estimate of drug-likeness (QED) is 0.418. The lowest BCUT2D eigenvalue weighted by Gasteiger charge is -2.23. The Labute approximate surface area is 111 Å². The molecule has 2 unspecified atom stereocenters. The van der Waals surface area contributed by atoms with Crippen LogP contribution in [0.3, 0.4) is 0 Å². The van der Waals surface area contributed by atoms with Gasteiger partial charge in [-0.15, -0.1) is 0 Å². The molecule has 0 amide bonds. The number of ether oxygens (including phenoxy) is 1. The molecule has 0 fully saturated rings. The number of carboxylic acid groups (broad SMARTS) is 1. The topological polar surface area (TPSA) is 58.6 Å². The van der Waals surface area contributed by atoms with E-state index in [0.717, 1.165) is 6.42 Å². The summed E-state index contributed by atoms with van der Waals surface area (Å²) in [7, 11) is 1.61. The van der Waals surface area contributed by atoms with Gasteiger partial charge in [-0.1, -0.05) is 46.0 Å². The molecule has 0 saturated carbocycles. The maximum atomic E-state index is 10.8. The third-order valence-electron chi connectivity index (χ3n) is 3.33. The first kappa shape index (κ1) is 17.4. The SMILES string of the molecule is CCCCCCCC(C)C(CC(=O)O)NCOC. The number of nitrogens with one attached hydrogen (secondary N) is 1. The Hall–Kier alpha value is -0.610. The first-order valence-electron chi connectivity index (χ1n) is 7.05. The van der Waals surface area contributed by atoms with Crippen molar-refractivity contribution >= 4 is 5.97 Å². The van der Waals surface area contributed by atoms with E-state index in [1.165, 1.54) is 32.1 Å². The number of carbonyl (C=O) groups is 1. The highest BCUT2D eigenvalue weighted by molar-refractivity contribution is 5.67. The molecular formula is C14H29NO3. The van der Waals surface area contributed by atoms with E-state index in [9.17, 15) is 4.79 Å². The average Bonchev–Trinajstić information content (AvgIpc) is 2.33. The van der Waals surface area contributed by atoms with Gasteiger partial charge in [0.1, 0.15) is 0 Å². The molecule has 4 nitrogen and oxygen atoms in total. The van der Waals surface area contributed by atoms with Crippen LogP contribution in [0.4, 0.5) is 0 Å². The summed E-state index contributed by atoms with van der Waals surface area (Å²) >= 11 is 0. The molecule has 2 N–H and O–H groups in total. The summed E-state index contributed by atoms with van der Waals surface area (Å²) in [5, 5.41) is 12.0. The number of aliphatic carboxylic acids is 1. The van der Waals surface area contributed by atoms with Crippen LogP contribution < -0.4 is 5.32 Å². The Morgan fingerprint density at radius 1 is 1.28 bits per heavy atom. The molecule has 2 atom stereocenters. The summed E-state index contributed by atoms with van der Waals surface area (Å²) in [6, 6.07) is 0.00799. The van der Waals surface area contributed by atoms with Crippen molar-refractivity contribution in [1.82, 2.24) is 5.32 Å². The number of rotatable bonds is 12.